The molecule has 1 fully saturated rings. The third kappa shape index (κ3) is 3.66. The normalized spacial score (nSPS) is 18.9. The van der Waals surface area contributed by atoms with Gasteiger partial charge in [0.25, 0.3) is 5.91 Å². The maximum Gasteiger partial charge on any atom is 0.289 e. The number of furan rings is 1. The third-order valence-electron chi connectivity index (χ3n) is 4.47. The highest BCUT2D eigenvalue weighted by molar-refractivity contribution is 7.91. The number of rotatable bonds is 4. The highest BCUT2D eigenvalue weighted by atomic mass is 32.2. The lowest BCUT2D eigenvalue weighted by molar-refractivity contribution is 0.0716. The number of carbonyl (C=O) groups is 2. The van der Waals surface area contributed by atoms with Crippen molar-refractivity contribution < 1.29 is 22.4 Å². The zero-order valence-electron chi connectivity index (χ0n) is 14.1. The van der Waals surface area contributed by atoms with Gasteiger partial charge in [-0.2, -0.15) is 0 Å². The average Bonchev–Trinajstić information content (AvgIpc) is 3.20. The van der Waals surface area contributed by atoms with Gasteiger partial charge in [0.1, 0.15) is 5.76 Å². The van der Waals surface area contributed by atoms with Crippen LogP contribution in [0.1, 0.15) is 34.3 Å². The molecule has 0 radical (unpaired) electrons. The molecular weight excluding hydrogens is 342 g/mol. The summed E-state index contributed by atoms with van der Waals surface area (Å²) in [5.41, 5.74) is 1.36. The Morgan fingerprint density at radius 2 is 1.80 bits per heavy atom. The quantitative estimate of drug-likeness (QED) is 0.781. The average molecular weight is 361 g/mol. The van der Waals surface area contributed by atoms with Crippen molar-refractivity contribution >= 4 is 21.5 Å². The Labute approximate surface area is 146 Å². The highest BCUT2D eigenvalue weighted by Gasteiger charge is 2.33. The van der Waals surface area contributed by atoms with Crippen molar-refractivity contribution in [3.05, 3.63) is 47.7 Å². The van der Waals surface area contributed by atoms with Crippen LogP contribution in [0.15, 0.2) is 40.8 Å². The van der Waals surface area contributed by atoms with Crippen molar-refractivity contribution in [1.82, 2.24) is 4.90 Å². The van der Waals surface area contributed by atoms with E-state index in [0.29, 0.717) is 17.7 Å². The van der Waals surface area contributed by atoms with Gasteiger partial charge in [0.15, 0.2) is 21.4 Å². The van der Waals surface area contributed by atoms with Crippen LogP contribution in [-0.4, -0.2) is 49.6 Å². The molecule has 0 saturated carbocycles. The molecule has 25 heavy (non-hydrogen) atoms. The van der Waals surface area contributed by atoms with Crippen LogP contribution >= 0.6 is 0 Å². The van der Waals surface area contributed by atoms with E-state index in [1.807, 2.05) is 0 Å². The largest absolute Gasteiger partial charge is 0.451 e. The van der Waals surface area contributed by atoms with Gasteiger partial charge in [-0.3, -0.25) is 9.59 Å². The summed E-state index contributed by atoms with van der Waals surface area (Å²) in [6.45, 7) is 1.50. The molecule has 0 N–H and O–H groups in total. The number of carbonyl (C=O) groups excluding carboxylic acids is 2. The zero-order chi connectivity index (χ0) is 18.2. The summed E-state index contributed by atoms with van der Waals surface area (Å²) >= 11 is 0. The second-order valence-electron chi connectivity index (χ2n) is 6.27. The SMILES string of the molecule is CC(=O)c1ccc(-c2ccc(C(=O)N(C)C3CCS(=O)(=O)C3)o2)cc1. The maximum absolute atomic E-state index is 12.5. The molecule has 0 aliphatic carbocycles. The van der Waals surface area contributed by atoms with Gasteiger partial charge in [-0.25, -0.2) is 8.42 Å². The third-order valence-corrected chi connectivity index (χ3v) is 6.22. The summed E-state index contributed by atoms with van der Waals surface area (Å²) in [5.74, 6) is 0.434. The predicted molar refractivity (Wildman–Crippen MR) is 93.3 cm³/mol. The minimum atomic E-state index is -3.06. The fourth-order valence-corrected chi connectivity index (χ4v) is 4.67. The van der Waals surface area contributed by atoms with Crippen LogP contribution in [0, 0.1) is 0 Å². The fraction of sp³-hybridized carbons (Fsp3) is 0.333. The molecule has 1 amide bonds. The summed E-state index contributed by atoms with van der Waals surface area (Å²) in [7, 11) is -1.46. The summed E-state index contributed by atoms with van der Waals surface area (Å²) in [4.78, 5) is 25.3. The van der Waals surface area contributed by atoms with E-state index < -0.39 is 9.84 Å². The van der Waals surface area contributed by atoms with Crippen molar-refractivity contribution in [3.8, 4) is 11.3 Å². The number of ketones is 1. The molecule has 1 saturated heterocycles. The Morgan fingerprint density at radius 1 is 1.12 bits per heavy atom. The van der Waals surface area contributed by atoms with Crippen LogP contribution in [0.2, 0.25) is 0 Å². The summed E-state index contributed by atoms with van der Waals surface area (Å²) in [6.07, 6.45) is 0.449. The van der Waals surface area contributed by atoms with E-state index in [2.05, 4.69) is 0 Å². The monoisotopic (exact) mass is 361 g/mol. The number of amides is 1. The first-order valence-corrected chi connectivity index (χ1v) is 9.78. The molecule has 3 rings (SSSR count). The summed E-state index contributed by atoms with van der Waals surface area (Å²) in [5, 5.41) is 0. The molecule has 1 aliphatic heterocycles. The van der Waals surface area contributed by atoms with E-state index in [-0.39, 0.29) is 35.0 Å². The Morgan fingerprint density at radius 3 is 2.36 bits per heavy atom. The van der Waals surface area contributed by atoms with Crippen molar-refractivity contribution in [1.29, 1.82) is 0 Å². The molecule has 2 aromatic rings. The van der Waals surface area contributed by atoms with Crippen molar-refractivity contribution in [2.24, 2.45) is 0 Å². The number of benzene rings is 1. The Balaban J connectivity index is 1.76. The number of nitrogens with zero attached hydrogens (tertiary/aromatic N) is 1. The van der Waals surface area contributed by atoms with E-state index in [0.717, 1.165) is 5.56 Å². The number of Topliss-reactive ketones (excluding diaryl/α,β-unsaturated/α-hetero) is 1. The maximum atomic E-state index is 12.5. The molecule has 0 bridgehead atoms. The summed E-state index contributed by atoms with van der Waals surface area (Å²) < 4.78 is 28.8. The molecule has 6 nitrogen and oxygen atoms in total. The molecule has 1 atom stereocenters. The highest BCUT2D eigenvalue weighted by Crippen LogP contribution is 2.25. The Hall–Kier alpha value is -2.41. The minimum absolute atomic E-state index is 0.00465. The number of sulfone groups is 1. The second-order valence-corrected chi connectivity index (χ2v) is 8.50. The molecule has 1 aliphatic rings. The van der Waals surface area contributed by atoms with Gasteiger partial charge in [0, 0.05) is 24.2 Å². The van der Waals surface area contributed by atoms with E-state index in [1.165, 1.54) is 11.8 Å². The Kier molecular flexibility index (Phi) is 4.51. The second kappa shape index (κ2) is 6.48. The van der Waals surface area contributed by atoms with E-state index >= 15 is 0 Å². The van der Waals surface area contributed by atoms with Crippen LogP contribution in [0.5, 0.6) is 0 Å². The lowest BCUT2D eigenvalue weighted by Crippen LogP contribution is -2.37. The smallest absolute Gasteiger partial charge is 0.289 e. The predicted octanol–water partition coefficient (Wildman–Crippen LogP) is 2.41. The molecule has 0 spiro atoms. The van der Waals surface area contributed by atoms with E-state index in [1.54, 1.807) is 43.4 Å². The van der Waals surface area contributed by atoms with Crippen molar-refractivity contribution in [2.45, 2.75) is 19.4 Å². The van der Waals surface area contributed by atoms with Gasteiger partial charge < -0.3 is 9.32 Å². The van der Waals surface area contributed by atoms with Crippen LogP contribution in [0.25, 0.3) is 11.3 Å². The standard InChI is InChI=1S/C18H19NO5S/c1-12(20)13-3-5-14(6-4-13)16-7-8-17(24-16)18(21)19(2)15-9-10-25(22,23)11-15/h3-8,15H,9-11H2,1-2H3. The lowest BCUT2D eigenvalue weighted by Gasteiger charge is -2.22. The number of hydrogen-bond acceptors (Lipinski definition) is 5. The van der Waals surface area contributed by atoms with Gasteiger partial charge in [-0.15, -0.1) is 0 Å². The number of hydrogen-bond donors (Lipinski definition) is 0. The Bertz CT molecular complexity index is 911. The first kappa shape index (κ1) is 17.4. The van der Waals surface area contributed by atoms with Gasteiger partial charge in [-0.05, 0) is 25.5 Å². The zero-order valence-corrected chi connectivity index (χ0v) is 14.9. The lowest BCUT2D eigenvalue weighted by atomic mass is 10.1. The van der Waals surface area contributed by atoms with Crippen molar-refractivity contribution in [3.63, 3.8) is 0 Å². The van der Waals surface area contributed by atoms with Crippen LogP contribution < -0.4 is 0 Å². The van der Waals surface area contributed by atoms with Crippen LogP contribution in [0.3, 0.4) is 0 Å². The van der Waals surface area contributed by atoms with E-state index in [9.17, 15) is 18.0 Å². The molecule has 132 valence electrons. The van der Waals surface area contributed by atoms with Gasteiger partial charge >= 0.3 is 0 Å². The minimum Gasteiger partial charge on any atom is -0.451 e. The van der Waals surface area contributed by atoms with Crippen molar-refractivity contribution in [2.75, 3.05) is 18.6 Å². The molecular formula is C18H19NO5S. The summed E-state index contributed by atoms with van der Waals surface area (Å²) in [6, 6.07) is 9.88. The van der Waals surface area contributed by atoms with Crippen LogP contribution in [-0.2, 0) is 9.84 Å². The fourth-order valence-electron chi connectivity index (χ4n) is 2.90. The van der Waals surface area contributed by atoms with E-state index in [4.69, 9.17) is 4.42 Å². The van der Waals surface area contributed by atoms with Gasteiger partial charge in [0.05, 0.1) is 11.5 Å². The molecule has 7 heteroatoms. The topological polar surface area (TPSA) is 84.7 Å². The first-order chi connectivity index (χ1) is 11.8. The first-order valence-electron chi connectivity index (χ1n) is 7.95. The molecule has 2 heterocycles. The van der Waals surface area contributed by atoms with Gasteiger partial charge in [-0.1, -0.05) is 24.3 Å². The molecule has 1 aromatic carbocycles. The molecule has 1 aromatic heterocycles. The molecule has 1 unspecified atom stereocenters. The van der Waals surface area contributed by atoms with Gasteiger partial charge in [0.2, 0.25) is 0 Å². The van der Waals surface area contributed by atoms with Crippen LogP contribution in [0.4, 0.5) is 0 Å².